The molecule has 1 aliphatic heterocycles. The van der Waals surface area contributed by atoms with Crippen LogP contribution >= 0.6 is 0 Å². The van der Waals surface area contributed by atoms with Crippen molar-refractivity contribution in [3.8, 4) is 0 Å². The van der Waals surface area contributed by atoms with E-state index >= 15 is 0 Å². The monoisotopic (exact) mass is 237 g/mol. The van der Waals surface area contributed by atoms with Gasteiger partial charge >= 0.3 is 0 Å². The van der Waals surface area contributed by atoms with Crippen LogP contribution in [0.4, 0.5) is 0 Å². The lowest BCUT2D eigenvalue weighted by molar-refractivity contribution is -0.129. The number of carbonyl (C=O) groups is 1. The summed E-state index contributed by atoms with van der Waals surface area (Å²) in [4.78, 5) is 18.2. The lowest BCUT2D eigenvalue weighted by atomic mass is 10.3. The molecule has 1 rings (SSSR count). The second-order valence-corrected chi connectivity index (χ2v) is 4.45. The quantitative estimate of drug-likeness (QED) is 0.676. The van der Waals surface area contributed by atoms with E-state index < -0.39 is 0 Å². The molecule has 0 aromatic heterocycles. The van der Waals surface area contributed by atoms with Gasteiger partial charge in [-0.2, -0.15) is 0 Å². The Morgan fingerprint density at radius 1 is 1.35 bits per heavy atom. The van der Waals surface area contributed by atoms with Gasteiger partial charge in [-0.1, -0.05) is 12.7 Å². The highest BCUT2D eigenvalue weighted by Crippen LogP contribution is 2.05. The summed E-state index contributed by atoms with van der Waals surface area (Å²) in [7, 11) is 3.91. The highest BCUT2D eigenvalue weighted by atomic mass is 16.2. The van der Waals surface area contributed by atoms with Crippen molar-refractivity contribution in [3.63, 3.8) is 0 Å². The number of carbonyl (C=O) groups excluding carboxylic acids is 1. The molecule has 0 radical (unpaired) electrons. The third-order valence-corrected chi connectivity index (χ3v) is 3.22. The first-order valence-corrected chi connectivity index (χ1v) is 6.04. The number of rotatable bonds is 4. The smallest absolute Gasteiger partial charge is 0.240 e. The Kier molecular flexibility index (Phi) is 5.38. The molecule has 96 valence electrons. The van der Waals surface area contributed by atoms with Gasteiger partial charge in [-0.3, -0.25) is 9.69 Å². The van der Waals surface area contributed by atoms with Crippen molar-refractivity contribution in [1.82, 2.24) is 14.7 Å². The molecule has 0 aromatic carbocycles. The first kappa shape index (κ1) is 13.9. The van der Waals surface area contributed by atoms with Gasteiger partial charge in [0, 0.05) is 38.9 Å². The van der Waals surface area contributed by atoms with Gasteiger partial charge in [0.25, 0.3) is 0 Å². The van der Waals surface area contributed by atoms with E-state index in [2.05, 4.69) is 23.4 Å². The number of amides is 1. The van der Waals surface area contributed by atoms with Crippen molar-refractivity contribution in [2.24, 2.45) is 0 Å². The van der Waals surface area contributed by atoms with Crippen LogP contribution in [0.3, 0.4) is 0 Å². The molecule has 4 heteroatoms. The van der Waals surface area contributed by atoms with Crippen molar-refractivity contribution in [1.29, 1.82) is 0 Å². The highest BCUT2D eigenvalue weighted by molar-refractivity contribution is 5.80. The summed E-state index contributed by atoms with van der Waals surface area (Å²) in [5.74, 6) is 0.127. The van der Waals surface area contributed by atoms with Crippen LogP contribution < -0.4 is 0 Å². The van der Waals surface area contributed by atoms with E-state index in [-0.39, 0.29) is 5.91 Å². The molecule has 0 N–H and O–H groups in total. The number of hydrogen-bond donors (Lipinski definition) is 0. The predicted molar refractivity (Wildman–Crippen MR) is 70.7 cm³/mol. The molecule has 1 aliphatic rings. The highest BCUT2D eigenvalue weighted by Gasteiger charge is 2.19. The van der Waals surface area contributed by atoms with Crippen LogP contribution in [0.15, 0.2) is 24.4 Å². The lowest BCUT2D eigenvalue weighted by Gasteiger charge is -2.32. The van der Waals surface area contributed by atoms with Crippen LogP contribution in [0.5, 0.6) is 0 Å². The Morgan fingerprint density at radius 2 is 1.94 bits per heavy atom. The molecule has 0 bridgehead atoms. The molecule has 1 amide bonds. The normalized spacial score (nSPS) is 19.1. The SMILES string of the molecule is C=C/C(=C\C)N(C)C(=O)CN1CCN(C)CC1. The topological polar surface area (TPSA) is 26.8 Å². The summed E-state index contributed by atoms with van der Waals surface area (Å²) in [6, 6.07) is 0. The van der Waals surface area contributed by atoms with Gasteiger partial charge in [0.15, 0.2) is 0 Å². The van der Waals surface area contributed by atoms with Crippen molar-refractivity contribution in [3.05, 3.63) is 24.4 Å². The van der Waals surface area contributed by atoms with Crippen molar-refractivity contribution < 1.29 is 4.79 Å². The zero-order valence-corrected chi connectivity index (χ0v) is 11.1. The molecule has 1 fully saturated rings. The van der Waals surface area contributed by atoms with Gasteiger partial charge in [-0.25, -0.2) is 0 Å². The third kappa shape index (κ3) is 3.98. The van der Waals surface area contributed by atoms with E-state index in [4.69, 9.17) is 0 Å². The zero-order valence-electron chi connectivity index (χ0n) is 11.1. The van der Waals surface area contributed by atoms with Crippen molar-refractivity contribution >= 4 is 5.91 Å². The Hall–Kier alpha value is -1.13. The van der Waals surface area contributed by atoms with Crippen LogP contribution in [0.2, 0.25) is 0 Å². The van der Waals surface area contributed by atoms with E-state index in [9.17, 15) is 4.79 Å². The maximum absolute atomic E-state index is 12.0. The van der Waals surface area contributed by atoms with Crippen molar-refractivity contribution in [2.45, 2.75) is 6.92 Å². The minimum atomic E-state index is 0.127. The fraction of sp³-hybridized carbons (Fsp3) is 0.615. The fourth-order valence-electron chi connectivity index (χ4n) is 1.90. The standard InChI is InChI=1S/C13H23N3O/c1-5-12(6-2)15(4)13(17)11-16-9-7-14(3)8-10-16/h5-6H,1,7-11H2,2-4H3/b12-6+. The Bertz CT molecular complexity index is 304. The average Bonchev–Trinajstić information content (AvgIpc) is 2.33. The second kappa shape index (κ2) is 6.57. The Morgan fingerprint density at radius 3 is 2.41 bits per heavy atom. The van der Waals surface area contributed by atoms with Crippen LogP contribution in [-0.4, -0.2) is 67.4 Å². The van der Waals surface area contributed by atoms with Crippen LogP contribution in [0.1, 0.15) is 6.92 Å². The average molecular weight is 237 g/mol. The first-order chi connectivity index (χ1) is 8.08. The summed E-state index contributed by atoms with van der Waals surface area (Å²) < 4.78 is 0. The van der Waals surface area contributed by atoms with E-state index in [0.717, 1.165) is 31.9 Å². The van der Waals surface area contributed by atoms with Gasteiger partial charge in [-0.15, -0.1) is 0 Å². The maximum Gasteiger partial charge on any atom is 0.240 e. The fourth-order valence-corrected chi connectivity index (χ4v) is 1.90. The van der Waals surface area contributed by atoms with Gasteiger partial charge < -0.3 is 9.80 Å². The van der Waals surface area contributed by atoms with E-state index in [0.29, 0.717) is 6.54 Å². The van der Waals surface area contributed by atoms with E-state index in [1.165, 1.54) is 0 Å². The molecule has 1 heterocycles. The molecular weight excluding hydrogens is 214 g/mol. The van der Waals surface area contributed by atoms with Crippen LogP contribution in [0.25, 0.3) is 0 Å². The molecule has 4 nitrogen and oxygen atoms in total. The Labute approximate surface area is 104 Å². The molecule has 0 aliphatic carbocycles. The number of hydrogen-bond acceptors (Lipinski definition) is 3. The summed E-state index contributed by atoms with van der Waals surface area (Å²) in [6.07, 6.45) is 3.61. The summed E-state index contributed by atoms with van der Waals surface area (Å²) >= 11 is 0. The van der Waals surface area contributed by atoms with Gasteiger partial charge in [0.2, 0.25) is 5.91 Å². The van der Waals surface area contributed by atoms with E-state index in [1.807, 2.05) is 13.0 Å². The van der Waals surface area contributed by atoms with Gasteiger partial charge in [0.1, 0.15) is 0 Å². The Balaban J connectivity index is 2.46. The van der Waals surface area contributed by atoms with Gasteiger partial charge in [0.05, 0.1) is 6.54 Å². The summed E-state index contributed by atoms with van der Waals surface area (Å²) in [6.45, 7) is 10.1. The molecule has 0 unspecified atom stereocenters. The zero-order chi connectivity index (χ0) is 12.8. The molecule has 1 saturated heterocycles. The molecule has 0 aromatic rings. The first-order valence-electron chi connectivity index (χ1n) is 6.04. The molecule has 17 heavy (non-hydrogen) atoms. The molecule has 0 saturated carbocycles. The lowest BCUT2D eigenvalue weighted by Crippen LogP contribution is -2.48. The maximum atomic E-state index is 12.0. The third-order valence-electron chi connectivity index (χ3n) is 3.22. The molecule has 0 atom stereocenters. The second-order valence-electron chi connectivity index (χ2n) is 4.45. The van der Waals surface area contributed by atoms with Crippen LogP contribution in [0, 0.1) is 0 Å². The van der Waals surface area contributed by atoms with E-state index in [1.54, 1.807) is 18.0 Å². The largest absolute Gasteiger partial charge is 0.315 e. The predicted octanol–water partition coefficient (Wildman–Crippen LogP) is 0.782. The number of nitrogens with zero attached hydrogens (tertiary/aromatic N) is 3. The summed E-state index contributed by atoms with van der Waals surface area (Å²) in [5.41, 5.74) is 0.865. The summed E-state index contributed by atoms with van der Waals surface area (Å²) in [5, 5.41) is 0. The minimum Gasteiger partial charge on any atom is -0.315 e. The number of likely N-dealkylation sites (N-methyl/N-ethyl adjacent to an activating group) is 2. The van der Waals surface area contributed by atoms with Crippen LogP contribution in [-0.2, 0) is 4.79 Å². The number of allylic oxidation sites excluding steroid dienone is 2. The molecule has 0 spiro atoms. The van der Waals surface area contributed by atoms with Crippen molar-refractivity contribution in [2.75, 3.05) is 46.8 Å². The molecular formula is C13H23N3O. The number of piperazine rings is 1. The minimum absolute atomic E-state index is 0.127. The van der Waals surface area contributed by atoms with Gasteiger partial charge in [-0.05, 0) is 20.0 Å².